The van der Waals surface area contributed by atoms with Gasteiger partial charge in [-0.05, 0) is 23.9 Å². The molecule has 0 heterocycles. The Hall–Kier alpha value is -1.83. The number of benzene rings is 2. The van der Waals surface area contributed by atoms with Gasteiger partial charge >= 0.3 is 0 Å². The van der Waals surface area contributed by atoms with E-state index in [1.165, 1.54) is 25.7 Å². The van der Waals surface area contributed by atoms with Crippen LogP contribution in [0.3, 0.4) is 0 Å². The molecule has 106 valence electrons. The molecule has 0 spiro atoms. The van der Waals surface area contributed by atoms with Crippen LogP contribution in [-0.2, 0) is 0 Å². The molecule has 0 aromatic heterocycles. The van der Waals surface area contributed by atoms with Crippen molar-refractivity contribution in [3.05, 3.63) is 42.0 Å². The molecule has 2 heteroatoms. The third kappa shape index (κ3) is 3.83. The second-order valence-corrected chi connectivity index (χ2v) is 5.12. The van der Waals surface area contributed by atoms with Gasteiger partial charge in [0.05, 0.1) is 6.61 Å². The number of hydrogen-bond donors (Lipinski definition) is 0. The molecule has 0 radical (unpaired) electrons. The van der Waals surface area contributed by atoms with Crippen LogP contribution in [0.4, 0.5) is 0 Å². The van der Waals surface area contributed by atoms with Crippen LogP contribution < -0.4 is 4.74 Å². The first-order chi connectivity index (χ1) is 9.85. The smallest absolute Gasteiger partial charge is 0.150 e. The van der Waals surface area contributed by atoms with Crippen LogP contribution in [0, 0.1) is 0 Å². The minimum absolute atomic E-state index is 0.671. The van der Waals surface area contributed by atoms with E-state index in [0.717, 1.165) is 35.8 Å². The Morgan fingerprint density at radius 1 is 1.05 bits per heavy atom. The van der Waals surface area contributed by atoms with E-state index < -0.39 is 0 Å². The van der Waals surface area contributed by atoms with Crippen molar-refractivity contribution >= 4 is 17.1 Å². The Labute approximate surface area is 120 Å². The minimum atomic E-state index is 0.671. The molecule has 0 saturated heterocycles. The SMILES string of the molecule is CCCCCCCOc1cc(C=O)cc2ccccc12. The first-order valence-corrected chi connectivity index (χ1v) is 7.46. The zero-order valence-corrected chi connectivity index (χ0v) is 12.1. The van der Waals surface area contributed by atoms with Crippen molar-refractivity contribution in [1.82, 2.24) is 0 Å². The van der Waals surface area contributed by atoms with Gasteiger partial charge in [0, 0.05) is 10.9 Å². The summed E-state index contributed by atoms with van der Waals surface area (Å²) in [5.41, 5.74) is 0.671. The molecule has 0 amide bonds. The number of unbranched alkanes of at least 4 members (excludes halogenated alkanes) is 4. The molecule has 20 heavy (non-hydrogen) atoms. The zero-order chi connectivity index (χ0) is 14.2. The molecule has 0 aliphatic heterocycles. The Kier molecular flexibility index (Phi) is 5.60. The number of carbonyl (C=O) groups is 1. The van der Waals surface area contributed by atoms with Gasteiger partial charge in [-0.1, -0.05) is 56.9 Å². The number of ether oxygens (including phenoxy) is 1. The van der Waals surface area contributed by atoms with Crippen LogP contribution in [0.1, 0.15) is 49.4 Å². The number of hydrogen-bond acceptors (Lipinski definition) is 2. The quantitative estimate of drug-likeness (QED) is 0.498. The largest absolute Gasteiger partial charge is 0.493 e. The van der Waals surface area contributed by atoms with E-state index in [1.807, 2.05) is 36.4 Å². The van der Waals surface area contributed by atoms with E-state index in [1.54, 1.807) is 0 Å². The van der Waals surface area contributed by atoms with Gasteiger partial charge in [-0.2, -0.15) is 0 Å². The van der Waals surface area contributed by atoms with Crippen LogP contribution in [-0.4, -0.2) is 12.9 Å². The maximum atomic E-state index is 11.0. The molecule has 2 aromatic rings. The fraction of sp³-hybridized carbons (Fsp3) is 0.389. The van der Waals surface area contributed by atoms with Gasteiger partial charge in [0.15, 0.2) is 0 Å². The number of carbonyl (C=O) groups excluding carboxylic acids is 1. The summed E-state index contributed by atoms with van der Waals surface area (Å²) in [6, 6.07) is 11.8. The molecule has 2 rings (SSSR count). The fourth-order valence-corrected chi connectivity index (χ4v) is 2.37. The van der Waals surface area contributed by atoms with Crippen molar-refractivity contribution in [2.24, 2.45) is 0 Å². The highest BCUT2D eigenvalue weighted by Gasteiger charge is 2.04. The van der Waals surface area contributed by atoms with Crippen molar-refractivity contribution in [1.29, 1.82) is 0 Å². The Bertz CT molecular complexity index is 560. The second-order valence-electron chi connectivity index (χ2n) is 5.12. The van der Waals surface area contributed by atoms with Gasteiger partial charge in [-0.15, -0.1) is 0 Å². The molecular formula is C18H22O2. The van der Waals surface area contributed by atoms with Crippen LogP contribution in [0.5, 0.6) is 5.75 Å². The molecule has 0 aliphatic rings. The molecule has 2 nitrogen and oxygen atoms in total. The van der Waals surface area contributed by atoms with E-state index in [9.17, 15) is 4.79 Å². The molecule has 0 saturated carbocycles. The van der Waals surface area contributed by atoms with Crippen molar-refractivity contribution in [2.45, 2.75) is 39.0 Å². The van der Waals surface area contributed by atoms with Crippen molar-refractivity contribution in [3.63, 3.8) is 0 Å². The third-order valence-corrected chi connectivity index (χ3v) is 3.49. The Balaban J connectivity index is 2.03. The normalized spacial score (nSPS) is 10.7. The highest BCUT2D eigenvalue weighted by molar-refractivity contribution is 5.93. The Morgan fingerprint density at radius 2 is 1.85 bits per heavy atom. The third-order valence-electron chi connectivity index (χ3n) is 3.49. The van der Waals surface area contributed by atoms with E-state index in [-0.39, 0.29) is 0 Å². The van der Waals surface area contributed by atoms with Gasteiger partial charge in [0.2, 0.25) is 0 Å². The lowest BCUT2D eigenvalue weighted by Gasteiger charge is -2.10. The van der Waals surface area contributed by atoms with Gasteiger partial charge in [-0.3, -0.25) is 4.79 Å². The zero-order valence-electron chi connectivity index (χ0n) is 12.1. The van der Waals surface area contributed by atoms with Crippen LogP contribution in [0.25, 0.3) is 10.8 Å². The summed E-state index contributed by atoms with van der Waals surface area (Å²) in [5, 5.41) is 2.13. The van der Waals surface area contributed by atoms with E-state index in [4.69, 9.17) is 4.74 Å². The van der Waals surface area contributed by atoms with Crippen LogP contribution >= 0.6 is 0 Å². The maximum Gasteiger partial charge on any atom is 0.150 e. The minimum Gasteiger partial charge on any atom is -0.493 e. The summed E-state index contributed by atoms with van der Waals surface area (Å²) < 4.78 is 5.88. The summed E-state index contributed by atoms with van der Waals surface area (Å²) in [5.74, 6) is 0.820. The molecule has 0 unspecified atom stereocenters. The topological polar surface area (TPSA) is 26.3 Å². The average molecular weight is 270 g/mol. The van der Waals surface area contributed by atoms with E-state index in [0.29, 0.717) is 5.56 Å². The molecule has 0 bridgehead atoms. The summed E-state index contributed by atoms with van der Waals surface area (Å²) in [4.78, 5) is 11.0. The summed E-state index contributed by atoms with van der Waals surface area (Å²) in [6.45, 7) is 2.93. The number of fused-ring (bicyclic) bond motifs is 1. The van der Waals surface area contributed by atoms with E-state index >= 15 is 0 Å². The predicted molar refractivity (Wildman–Crippen MR) is 83.6 cm³/mol. The maximum absolute atomic E-state index is 11.0. The molecular weight excluding hydrogens is 248 g/mol. The highest BCUT2D eigenvalue weighted by Crippen LogP contribution is 2.27. The summed E-state index contributed by atoms with van der Waals surface area (Å²) in [6.07, 6.45) is 6.98. The predicted octanol–water partition coefficient (Wildman–Crippen LogP) is 5.00. The van der Waals surface area contributed by atoms with Gasteiger partial charge in [0.1, 0.15) is 12.0 Å². The lowest BCUT2D eigenvalue weighted by molar-refractivity contribution is 0.112. The van der Waals surface area contributed by atoms with E-state index in [2.05, 4.69) is 6.92 Å². The van der Waals surface area contributed by atoms with Crippen LogP contribution in [0.2, 0.25) is 0 Å². The monoisotopic (exact) mass is 270 g/mol. The number of rotatable bonds is 8. The highest BCUT2D eigenvalue weighted by atomic mass is 16.5. The first-order valence-electron chi connectivity index (χ1n) is 7.46. The lowest BCUT2D eigenvalue weighted by atomic mass is 10.1. The average Bonchev–Trinajstić information content (AvgIpc) is 2.50. The summed E-state index contributed by atoms with van der Waals surface area (Å²) >= 11 is 0. The Morgan fingerprint density at radius 3 is 2.65 bits per heavy atom. The molecule has 0 fully saturated rings. The van der Waals surface area contributed by atoms with Crippen molar-refractivity contribution < 1.29 is 9.53 Å². The molecule has 0 N–H and O–H groups in total. The first kappa shape index (κ1) is 14.6. The standard InChI is InChI=1S/C18H22O2/c1-2-3-4-5-8-11-20-18-13-15(14-19)12-16-9-6-7-10-17(16)18/h6-7,9-10,12-14H,2-5,8,11H2,1H3. The van der Waals surface area contributed by atoms with Crippen LogP contribution in [0.15, 0.2) is 36.4 Å². The fourth-order valence-electron chi connectivity index (χ4n) is 2.37. The van der Waals surface area contributed by atoms with Crippen molar-refractivity contribution in [2.75, 3.05) is 6.61 Å². The van der Waals surface area contributed by atoms with Gasteiger partial charge in [-0.25, -0.2) is 0 Å². The second kappa shape index (κ2) is 7.68. The van der Waals surface area contributed by atoms with Gasteiger partial charge < -0.3 is 4.74 Å². The molecule has 2 aromatic carbocycles. The molecule has 0 atom stereocenters. The van der Waals surface area contributed by atoms with Gasteiger partial charge in [0.25, 0.3) is 0 Å². The number of aldehydes is 1. The lowest BCUT2D eigenvalue weighted by Crippen LogP contribution is -1.99. The summed E-state index contributed by atoms with van der Waals surface area (Å²) in [7, 11) is 0. The van der Waals surface area contributed by atoms with Crippen molar-refractivity contribution in [3.8, 4) is 5.75 Å². The molecule has 0 aliphatic carbocycles.